The van der Waals surface area contributed by atoms with Crippen molar-refractivity contribution in [3.05, 3.63) is 46.5 Å². The van der Waals surface area contributed by atoms with Gasteiger partial charge in [0.05, 0.1) is 11.3 Å². The molecule has 0 fully saturated rings. The Hall–Kier alpha value is -1.28. The molecule has 25 heavy (non-hydrogen) atoms. The van der Waals surface area contributed by atoms with Crippen molar-refractivity contribution in [1.82, 2.24) is 15.5 Å². The molecule has 1 heterocycles. The quantitative estimate of drug-likeness (QED) is 0.477. The van der Waals surface area contributed by atoms with Crippen LogP contribution in [0.3, 0.4) is 0 Å². The van der Waals surface area contributed by atoms with Crippen molar-refractivity contribution in [3.8, 4) is 0 Å². The number of hydrogen-bond acceptors (Lipinski definition) is 6. The Bertz CT molecular complexity index is 753. The molecule has 0 saturated carbocycles. The van der Waals surface area contributed by atoms with Crippen molar-refractivity contribution < 1.29 is 4.79 Å². The van der Waals surface area contributed by atoms with Crippen LogP contribution in [0.25, 0.3) is 0 Å². The Morgan fingerprint density at radius 1 is 1.40 bits per heavy atom. The average Bonchev–Trinajstić information content (AvgIpc) is 3.00. The number of nitrogens with zero attached hydrogens (tertiary/aromatic N) is 2. The number of nitrogens with one attached hydrogen (secondary N) is 2. The van der Waals surface area contributed by atoms with Crippen LogP contribution in [-0.2, 0) is 4.79 Å². The van der Waals surface area contributed by atoms with Crippen molar-refractivity contribution in [2.45, 2.75) is 29.5 Å². The molecule has 1 aromatic carbocycles. The lowest BCUT2D eigenvalue weighted by Gasteiger charge is -2.18. The number of carbonyl (C=O) groups excluding carboxylic acids is 1. The van der Waals surface area contributed by atoms with Crippen molar-refractivity contribution in [3.63, 3.8) is 0 Å². The average molecular weight is 417 g/mol. The lowest BCUT2D eigenvalue weighted by molar-refractivity contribution is -0.120. The number of hydrogen-bond donors (Lipinski definition) is 2. The number of amides is 1. The summed E-state index contributed by atoms with van der Waals surface area (Å²) in [6.45, 7) is 7.97. The van der Waals surface area contributed by atoms with Crippen LogP contribution in [0.2, 0.25) is 10.0 Å². The molecular weight excluding hydrogens is 399 g/mol. The van der Waals surface area contributed by atoms with E-state index >= 15 is 0 Å². The molecule has 134 valence electrons. The van der Waals surface area contributed by atoms with Crippen LogP contribution in [0.15, 0.2) is 35.2 Å². The van der Waals surface area contributed by atoms with Gasteiger partial charge in [-0.25, -0.2) is 0 Å². The summed E-state index contributed by atoms with van der Waals surface area (Å²) in [5.74, 6) is -0.0979. The minimum atomic E-state index is -0.311. The van der Waals surface area contributed by atoms with Crippen LogP contribution in [0.4, 0.5) is 5.13 Å². The summed E-state index contributed by atoms with van der Waals surface area (Å²) in [5.41, 5.74) is 0.823. The first kappa shape index (κ1) is 20.0. The topological polar surface area (TPSA) is 66.9 Å². The standard InChI is InChI=1S/C16H18Cl2N4OS2/c1-4-7-19-15-21-22-16(25-15)24-10(3)14(23)20-9(2)12-6-5-11(17)8-13(12)18/h4-6,8-10H,1,7H2,2-3H3,(H,19,21)(H,20,23)/t9-,10-/m1/s1. The van der Waals surface area contributed by atoms with E-state index in [0.29, 0.717) is 21.7 Å². The van der Waals surface area contributed by atoms with Gasteiger partial charge in [0.15, 0.2) is 4.34 Å². The third-order valence-corrected chi connectivity index (χ3v) is 5.87. The minimum Gasteiger partial charge on any atom is -0.357 e. The van der Waals surface area contributed by atoms with E-state index in [9.17, 15) is 4.79 Å². The summed E-state index contributed by atoms with van der Waals surface area (Å²) in [5, 5.41) is 15.6. The van der Waals surface area contributed by atoms with Gasteiger partial charge in [-0.05, 0) is 31.5 Å². The second-order valence-corrected chi connectivity index (χ2v) is 8.61. The van der Waals surface area contributed by atoms with E-state index in [-0.39, 0.29) is 17.2 Å². The van der Waals surface area contributed by atoms with Gasteiger partial charge < -0.3 is 10.6 Å². The van der Waals surface area contributed by atoms with Crippen molar-refractivity contribution in [2.24, 2.45) is 0 Å². The van der Waals surface area contributed by atoms with Crippen LogP contribution in [0.5, 0.6) is 0 Å². The van der Waals surface area contributed by atoms with E-state index in [1.165, 1.54) is 23.1 Å². The number of rotatable bonds is 8. The number of carbonyl (C=O) groups is 1. The second kappa shape index (κ2) is 9.43. The number of benzene rings is 1. The van der Waals surface area contributed by atoms with E-state index in [0.717, 1.165) is 9.90 Å². The SMILES string of the molecule is C=CCNc1nnc(S[C@H](C)C(=O)N[C@H](C)c2ccc(Cl)cc2Cl)s1. The van der Waals surface area contributed by atoms with Crippen LogP contribution in [0, 0.1) is 0 Å². The molecular formula is C16H18Cl2N4OS2. The van der Waals surface area contributed by atoms with Gasteiger partial charge >= 0.3 is 0 Å². The number of thioether (sulfide) groups is 1. The highest BCUT2D eigenvalue weighted by Gasteiger charge is 2.20. The summed E-state index contributed by atoms with van der Waals surface area (Å²) in [7, 11) is 0. The highest BCUT2D eigenvalue weighted by atomic mass is 35.5. The highest BCUT2D eigenvalue weighted by Crippen LogP contribution is 2.30. The molecule has 2 rings (SSSR count). The molecule has 9 heteroatoms. The third kappa shape index (κ3) is 5.88. The van der Waals surface area contributed by atoms with Gasteiger partial charge in [-0.15, -0.1) is 16.8 Å². The van der Waals surface area contributed by atoms with Gasteiger partial charge in [0, 0.05) is 16.6 Å². The maximum Gasteiger partial charge on any atom is 0.233 e. The monoisotopic (exact) mass is 416 g/mol. The third-order valence-electron chi connectivity index (χ3n) is 3.24. The van der Waals surface area contributed by atoms with E-state index in [1.54, 1.807) is 18.2 Å². The predicted molar refractivity (Wildman–Crippen MR) is 107 cm³/mol. The Morgan fingerprint density at radius 2 is 2.16 bits per heavy atom. The van der Waals surface area contributed by atoms with Gasteiger partial charge in [-0.3, -0.25) is 4.79 Å². The minimum absolute atomic E-state index is 0.0979. The lowest BCUT2D eigenvalue weighted by atomic mass is 10.1. The summed E-state index contributed by atoms with van der Waals surface area (Å²) in [6.07, 6.45) is 1.74. The zero-order chi connectivity index (χ0) is 18.4. The molecule has 2 aromatic rings. The zero-order valence-electron chi connectivity index (χ0n) is 13.8. The Kier molecular flexibility index (Phi) is 7.56. The fraction of sp³-hybridized carbons (Fsp3) is 0.312. The van der Waals surface area contributed by atoms with Crippen LogP contribution in [0.1, 0.15) is 25.5 Å². The van der Waals surface area contributed by atoms with Crippen molar-refractivity contribution >= 4 is 57.3 Å². The Balaban J connectivity index is 1.93. The molecule has 1 aromatic heterocycles. The van der Waals surface area contributed by atoms with E-state index in [2.05, 4.69) is 27.4 Å². The van der Waals surface area contributed by atoms with Crippen LogP contribution in [-0.4, -0.2) is 27.9 Å². The first-order chi connectivity index (χ1) is 11.9. The maximum absolute atomic E-state index is 12.4. The molecule has 2 N–H and O–H groups in total. The molecule has 0 bridgehead atoms. The first-order valence-corrected chi connectivity index (χ1v) is 9.96. The zero-order valence-corrected chi connectivity index (χ0v) is 16.9. The van der Waals surface area contributed by atoms with Crippen LogP contribution >= 0.6 is 46.3 Å². The molecule has 0 aliphatic carbocycles. The summed E-state index contributed by atoms with van der Waals surface area (Å²) in [6, 6.07) is 5.01. The second-order valence-electron chi connectivity index (χ2n) is 5.20. The van der Waals surface area contributed by atoms with Gasteiger partial charge in [0.25, 0.3) is 0 Å². The molecule has 0 radical (unpaired) electrons. The first-order valence-electron chi connectivity index (χ1n) is 7.51. The van der Waals surface area contributed by atoms with Crippen molar-refractivity contribution in [2.75, 3.05) is 11.9 Å². The molecule has 0 aliphatic rings. The fourth-order valence-electron chi connectivity index (χ4n) is 1.95. The van der Waals surface area contributed by atoms with Crippen LogP contribution < -0.4 is 10.6 Å². The van der Waals surface area contributed by atoms with Gasteiger partial charge in [-0.2, -0.15) is 0 Å². The molecule has 2 atom stereocenters. The summed E-state index contributed by atoms with van der Waals surface area (Å²) in [4.78, 5) is 12.4. The number of aromatic nitrogens is 2. The largest absolute Gasteiger partial charge is 0.357 e. The molecule has 0 aliphatic heterocycles. The molecule has 0 spiro atoms. The van der Waals surface area contributed by atoms with Gasteiger partial charge in [-0.1, -0.05) is 58.4 Å². The van der Waals surface area contributed by atoms with E-state index in [4.69, 9.17) is 23.2 Å². The van der Waals surface area contributed by atoms with E-state index < -0.39 is 0 Å². The number of halogens is 2. The fourth-order valence-corrected chi connectivity index (χ4v) is 4.44. The summed E-state index contributed by atoms with van der Waals surface area (Å²) >= 11 is 14.9. The Labute approximate surface area is 165 Å². The van der Waals surface area contributed by atoms with Crippen molar-refractivity contribution in [1.29, 1.82) is 0 Å². The van der Waals surface area contributed by atoms with Gasteiger partial charge in [0.1, 0.15) is 0 Å². The predicted octanol–water partition coefficient (Wildman–Crippen LogP) is 4.80. The molecule has 5 nitrogen and oxygen atoms in total. The smallest absolute Gasteiger partial charge is 0.233 e. The van der Waals surface area contributed by atoms with E-state index in [1.807, 2.05) is 19.9 Å². The number of anilines is 1. The maximum atomic E-state index is 12.4. The lowest BCUT2D eigenvalue weighted by Crippen LogP contribution is -2.33. The summed E-state index contributed by atoms with van der Waals surface area (Å²) < 4.78 is 0.728. The molecule has 1 amide bonds. The molecule has 0 saturated heterocycles. The molecule has 0 unspecified atom stereocenters. The van der Waals surface area contributed by atoms with Gasteiger partial charge in [0.2, 0.25) is 11.0 Å². The Morgan fingerprint density at radius 3 is 2.84 bits per heavy atom. The highest BCUT2D eigenvalue weighted by molar-refractivity contribution is 8.02. The normalized spacial score (nSPS) is 13.1.